The molecule has 2 aromatic carbocycles. The van der Waals surface area contributed by atoms with Crippen molar-refractivity contribution in [1.82, 2.24) is 0 Å². The number of benzene rings is 2. The molecule has 2 aromatic rings. The Balaban J connectivity index is 1.95. The Morgan fingerprint density at radius 1 is 0.880 bits per heavy atom. The molecule has 126 valence electrons. The smallest absolute Gasteiger partial charge is 0.338 e. The van der Waals surface area contributed by atoms with Crippen LogP contribution in [0.15, 0.2) is 54.6 Å². The molecular formula is C23H22O2. The molecule has 0 fully saturated rings. The molecule has 2 nitrogen and oxygen atoms in total. The van der Waals surface area contributed by atoms with Crippen LogP contribution in [0, 0.1) is 29.6 Å². The largest absolute Gasteiger partial charge is 0.459 e. The first kappa shape index (κ1) is 18.4. The van der Waals surface area contributed by atoms with E-state index in [-0.39, 0.29) is 12.1 Å². The van der Waals surface area contributed by atoms with Crippen LogP contribution in [0.25, 0.3) is 0 Å². The van der Waals surface area contributed by atoms with Crippen LogP contribution in [0.4, 0.5) is 0 Å². The highest BCUT2D eigenvalue weighted by Gasteiger charge is 2.12. The molecule has 0 saturated heterocycles. The highest BCUT2D eigenvalue weighted by atomic mass is 16.5. The van der Waals surface area contributed by atoms with Crippen molar-refractivity contribution >= 4 is 5.97 Å². The van der Waals surface area contributed by atoms with Crippen molar-refractivity contribution in [2.45, 2.75) is 33.3 Å². The summed E-state index contributed by atoms with van der Waals surface area (Å²) in [6.07, 6.45) is 0.773. The van der Waals surface area contributed by atoms with Gasteiger partial charge in [-0.3, -0.25) is 0 Å². The maximum Gasteiger partial charge on any atom is 0.338 e. The average molecular weight is 330 g/mol. The summed E-state index contributed by atoms with van der Waals surface area (Å²) in [6, 6.07) is 16.8. The lowest BCUT2D eigenvalue weighted by Gasteiger charge is -2.15. The molecule has 0 saturated carbocycles. The third-order valence-electron chi connectivity index (χ3n) is 3.48. The lowest BCUT2D eigenvalue weighted by atomic mass is 10.1. The maximum absolute atomic E-state index is 12.1. The van der Waals surface area contributed by atoms with Gasteiger partial charge in [0.15, 0.2) is 0 Å². The van der Waals surface area contributed by atoms with E-state index in [0.717, 1.165) is 17.5 Å². The third-order valence-corrected chi connectivity index (χ3v) is 3.48. The summed E-state index contributed by atoms with van der Waals surface area (Å²) in [4.78, 5) is 12.1. The highest BCUT2D eigenvalue weighted by Crippen LogP contribution is 2.11. The van der Waals surface area contributed by atoms with Gasteiger partial charge in [0.1, 0.15) is 0 Å². The zero-order valence-electron chi connectivity index (χ0n) is 14.9. The van der Waals surface area contributed by atoms with Gasteiger partial charge in [0.2, 0.25) is 0 Å². The lowest BCUT2D eigenvalue weighted by Crippen LogP contribution is -2.16. The fourth-order valence-electron chi connectivity index (χ4n) is 2.38. The number of hydrogen-bond donors (Lipinski definition) is 0. The zero-order chi connectivity index (χ0) is 18.1. The standard InChI is InChI=1S/C23H22O2/c1-18(2)17-19(3)25-23(24)22-15-13-21(14-16-22)12-8-7-11-20-9-5-4-6-10-20/h4-6,9-10,13-16,18-19H,17H2,1-3H3. The number of carbonyl (C=O) groups is 1. The van der Waals surface area contributed by atoms with E-state index in [9.17, 15) is 4.79 Å². The van der Waals surface area contributed by atoms with Gasteiger partial charge >= 0.3 is 5.97 Å². The predicted octanol–water partition coefficient (Wildman–Crippen LogP) is 4.68. The normalized spacial score (nSPS) is 10.9. The quantitative estimate of drug-likeness (QED) is 0.601. The van der Waals surface area contributed by atoms with Gasteiger partial charge < -0.3 is 4.74 Å². The molecule has 0 aliphatic heterocycles. The summed E-state index contributed by atoms with van der Waals surface area (Å²) in [5.74, 6) is 11.8. The first-order valence-electron chi connectivity index (χ1n) is 8.42. The molecule has 25 heavy (non-hydrogen) atoms. The van der Waals surface area contributed by atoms with Gasteiger partial charge in [-0.05, 0) is 67.5 Å². The summed E-state index contributed by atoms with van der Waals surface area (Å²) in [7, 11) is 0. The molecule has 2 heteroatoms. The second kappa shape index (κ2) is 9.36. The lowest BCUT2D eigenvalue weighted by molar-refractivity contribution is 0.0299. The van der Waals surface area contributed by atoms with E-state index in [0.29, 0.717) is 11.5 Å². The van der Waals surface area contributed by atoms with Crippen LogP contribution in [0.5, 0.6) is 0 Å². The summed E-state index contributed by atoms with van der Waals surface area (Å²) in [5, 5.41) is 0. The van der Waals surface area contributed by atoms with Gasteiger partial charge in [-0.2, -0.15) is 0 Å². The molecule has 0 aromatic heterocycles. The van der Waals surface area contributed by atoms with Gasteiger partial charge in [0, 0.05) is 11.1 Å². The van der Waals surface area contributed by atoms with E-state index in [4.69, 9.17) is 4.74 Å². The molecule has 0 aliphatic rings. The Bertz CT molecular complexity index is 810. The molecule has 2 rings (SSSR count). The summed E-state index contributed by atoms with van der Waals surface area (Å²) in [5.41, 5.74) is 2.29. The minimum absolute atomic E-state index is 0.0831. The van der Waals surface area contributed by atoms with Crippen molar-refractivity contribution in [1.29, 1.82) is 0 Å². The van der Waals surface area contributed by atoms with Crippen LogP contribution in [-0.2, 0) is 4.74 Å². The second-order valence-electron chi connectivity index (χ2n) is 6.29. The van der Waals surface area contributed by atoms with Gasteiger partial charge in [-0.25, -0.2) is 4.79 Å². The molecule has 1 atom stereocenters. The van der Waals surface area contributed by atoms with E-state index in [2.05, 4.69) is 37.5 Å². The number of rotatable bonds is 4. The number of hydrogen-bond acceptors (Lipinski definition) is 2. The Morgan fingerprint density at radius 3 is 2.00 bits per heavy atom. The third kappa shape index (κ3) is 6.58. The first-order valence-corrected chi connectivity index (χ1v) is 8.42. The van der Waals surface area contributed by atoms with Gasteiger partial charge in [-0.15, -0.1) is 0 Å². The van der Waals surface area contributed by atoms with E-state index >= 15 is 0 Å². The van der Waals surface area contributed by atoms with Gasteiger partial charge in [-0.1, -0.05) is 43.9 Å². The number of ether oxygens (including phenoxy) is 1. The minimum Gasteiger partial charge on any atom is -0.459 e. The van der Waals surface area contributed by atoms with Gasteiger partial charge in [0.05, 0.1) is 11.7 Å². The van der Waals surface area contributed by atoms with E-state index < -0.39 is 0 Å². The highest BCUT2D eigenvalue weighted by molar-refractivity contribution is 5.89. The predicted molar refractivity (Wildman–Crippen MR) is 101 cm³/mol. The van der Waals surface area contributed by atoms with Crippen LogP contribution in [0.1, 0.15) is 48.7 Å². The zero-order valence-corrected chi connectivity index (χ0v) is 14.9. The average Bonchev–Trinajstić information content (AvgIpc) is 2.59. The van der Waals surface area contributed by atoms with Crippen LogP contribution in [-0.4, -0.2) is 12.1 Å². The van der Waals surface area contributed by atoms with Crippen molar-refractivity contribution in [2.75, 3.05) is 0 Å². The first-order chi connectivity index (χ1) is 12.0. The molecular weight excluding hydrogens is 308 g/mol. The molecule has 1 unspecified atom stereocenters. The van der Waals surface area contributed by atoms with Crippen molar-refractivity contribution in [3.05, 3.63) is 71.3 Å². The molecule has 0 bridgehead atoms. The molecule has 0 heterocycles. The van der Waals surface area contributed by atoms with Crippen molar-refractivity contribution in [3.63, 3.8) is 0 Å². The fourth-order valence-corrected chi connectivity index (χ4v) is 2.38. The molecule has 0 spiro atoms. The van der Waals surface area contributed by atoms with E-state index in [1.54, 1.807) is 24.3 Å². The van der Waals surface area contributed by atoms with Crippen molar-refractivity contribution < 1.29 is 9.53 Å². The Morgan fingerprint density at radius 2 is 1.44 bits per heavy atom. The van der Waals surface area contributed by atoms with Crippen molar-refractivity contribution in [2.24, 2.45) is 5.92 Å². The topological polar surface area (TPSA) is 26.3 Å². The summed E-state index contributed by atoms with van der Waals surface area (Å²) >= 11 is 0. The number of esters is 1. The molecule has 0 N–H and O–H groups in total. The second-order valence-corrected chi connectivity index (χ2v) is 6.29. The maximum atomic E-state index is 12.1. The van der Waals surface area contributed by atoms with Crippen LogP contribution >= 0.6 is 0 Å². The molecule has 0 aliphatic carbocycles. The number of carbonyl (C=O) groups excluding carboxylic acids is 1. The molecule has 0 radical (unpaired) electrons. The Kier molecular flexibility index (Phi) is 6.87. The van der Waals surface area contributed by atoms with Crippen LogP contribution in [0.2, 0.25) is 0 Å². The Hall–Kier alpha value is -2.97. The van der Waals surface area contributed by atoms with Crippen LogP contribution < -0.4 is 0 Å². The fraction of sp³-hybridized carbons (Fsp3) is 0.261. The Labute approximate surface area is 150 Å². The van der Waals surface area contributed by atoms with Crippen LogP contribution in [0.3, 0.4) is 0 Å². The minimum atomic E-state index is -0.295. The molecule has 0 amide bonds. The van der Waals surface area contributed by atoms with Crippen molar-refractivity contribution in [3.8, 4) is 23.7 Å². The summed E-state index contributed by atoms with van der Waals surface area (Å²) in [6.45, 7) is 6.14. The summed E-state index contributed by atoms with van der Waals surface area (Å²) < 4.78 is 5.44. The van der Waals surface area contributed by atoms with E-state index in [1.165, 1.54) is 0 Å². The monoisotopic (exact) mass is 330 g/mol. The van der Waals surface area contributed by atoms with E-state index in [1.807, 2.05) is 37.3 Å². The SMILES string of the molecule is CC(C)CC(C)OC(=O)c1ccc(C#CC#Cc2ccccc2)cc1. The van der Waals surface area contributed by atoms with Gasteiger partial charge in [0.25, 0.3) is 0 Å².